The van der Waals surface area contributed by atoms with Gasteiger partial charge in [0.1, 0.15) is 6.04 Å². The largest absolute Gasteiger partial charge is 0.480 e. The molecule has 1 heterocycles. The SMILES string of the molecule is O=C(O)C(c1ccccc1)N1CCc2ccccc2C1. The van der Waals surface area contributed by atoms with Crippen LogP contribution in [0.1, 0.15) is 22.7 Å². The van der Waals surface area contributed by atoms with Gasteiger partial charge in [0.15, 0.2) is 0 Å². The summed E-state index contributed by atoms with van der Waals surface area (Å²) in [4.78, 5) is 13.7. The molecule has 0 fully saturated rings. The number of carboxylic acid groups (broad SMARTS) is 1. The molecule has 1 atom stereocenters. The van der Waals surface area contributed by atoms with E-state index in [1.54, 1.807) is 0 Å². The van der Waals surface area contributed by atoms with Crippen LogP contribution in [0.15, 0.2) is 54.6 Å². The highest BCUT2D eigenvalue weighted by molar-refractivity contribution is 5.75. The van der Waals surface area contributed by atoms with E-state index < -0.39 is 12.0 Å². The van der Waals surface area contributed by atoms with Gasteiger partial charge in [-0.1, -0.05) is 54.6 Å². The number of hydrogen-bond acceptors (Lipinski definition) is 2. The number of nitrogens with zero attached hydrogens (tertiary/aromatic N) is 1. The van der Waals surface area contributed by atoms with E-state index in [0.717, 1.165) is 18.5 Å². The van der Waals surface area contributed by atoms with E-state index in [1.165, 1.54) is 11.1 Å². The smallest absolute Gasteiger partial charge is 0.325 e. The molecule has 1 aliphatic heterocycles. The van der Waals surface area contributed by atoms with Gasteiger partial charge < -0.3 is 5.11 Å². The fraction of sp³-hybridized carbons (Fsp3) is 0.235. The molecule has 3 rings (SSSR count). The van der Waals surface area contributed by atoms with Crippen molar-refractivity contribution in [1.82, 2.24) is 4.90 Å². The molecule has 20 heavy (non-hydrogen) atoms. The van der Waals surface area contributed by atoms with Gasteiger partial charge in [0.05, 0.1) is 0 Å². The van der Waals surface area contributed by atoms with Crippen molar-refractivity contribution < 1.29 is 9.90 Å². The van der Waals surface area contributed by atoms with Crippen LogP contribution < -0.4 is 0 Å². The van der Waals surface area contributed by atoms with Crippen LogP contribution in [0.25, 0.3) is 0 Å². The number of carboxylic acids is 1. The first-order valence-electron chi connectivity index (χ1n) is 6.84. The number of hydrogen-bond donors (Lipinski definition) is 1. The van der Waals surface area contributed by atoms with Crippen LogP contribution >= 0.6 is 0 Å². The zero-order chi connectivity index (χ0) is 13.9. The highest BCUT2D eigenvalue weighted by Gasteiger charge is 2.29. The Morgan fingerprint density at radius 1 is 1.00 bits per heavy atom. The third-order valence-electron chi connectivity index (χ3n) is 3.87. The molecular weight excluding hydrogens is 250 g/mol. The topological polar surface area (TPSA) is 40.5 Å². The van der Waals surface area contributed by atoms with Crippen molar-refractivity contribution in [2.75, 3.05) is 6.54 Å². The molecule has 3 nitrogen and oxygen atoms in total. The molecule has 3 heteroatoms. The second-order valence-electron chi connectivity index (χ2n) is 5.14. The Balaban J connectivity index is 1.89. The predicted molar refractivity (Wildman–Crippen MR) is 77.4 cm³/mol. The van der Waals surface area contributed by atoms with Crippen LogP contribution in [0, 0.1) is 0 Å². The zero-order valence-corrected chi connectivity index (χ0v) is 11.2. The Labute approximate surface area is 118 Å². The lowest BCUT2D eigenvalue weighted by atomic mass is 9.96. The molecule has 0 bridgehead atoms. The molecule has 2 aromatic carbocycles. The van der Waals surface area contributed by atoms with Gasteiger partial charge in [-0.3, -0.25) is 9.69 Å². The summed E-state index contributed by atoms with van der Waals surface area (Å²) in [7, 11) is 0. The van der Waals surface area contributed by atoms with E-state index in [2.05, 4.69) is 12.1 Å². The molecule has 0 spiro atoms. The lowest BCUT2D eigenvalue weighted by molar-refractivity contribution is -0.144. The van der Waals surface area contributed by atoms with Crippen LogP contribution in [0.4, 0.5) is 0 Å². The van der Waals surface area contributed by atoms with Gasteiger partial charge in [-0.05, 0) is 23.1 Å². The van der Waals surface area contributed by atoms with Crippen molar-refractivity contribution in [2.45, 2.75) is 19.0 Å². The van der Waals surface area contributed by atoms with Gasteiger partial charge in [-0.25, -0.2) is 0 Å². The molecule has 0 amide bonds. The van der Waals surface area contributed by atoms with E-state index in [-0.39, 0.29) is 0 Å². The maximum Gasteiger partial charge on any atom is 0.325 e. The molecule has 0 aliphatic carbocycles. The maximum atomic E-state index is 11.7. The standard InChI is InChI=1S/C17H17NO2/c19-17(20)16(14-7-2-1-3-8-14)18-11-10-13-6-4-5-9-15(13)12-18/h1-9,16H,10-12H2,(H,19,20). The third kappa shape index (κ3) is 2.45. The molecule has 102 valence electrons. The normalized spacial score (nSPS) is 16.4. The quantitative estimate of drug-likeness (QED) is 0.929. The monoisotopic (exact) mass is 267 g/mol. The number of aliphatic carboxylic acids is 1. The van der Waals surface area contributed by atoms with E-state index >= 15 is 0 Å². The van der Waals surface area contributed by atoms with Crippen molar-refractivity contribution in [2.24, 2.45) is 0 Å². The van der Waals surface area contributed by atoms with Crippen LogP contribution in [-0.2, 0) is 17.8 Å². The fourth-order valence-electron chi connectivity index (χ4n) is 2.88. The van der Waals surface area contributed by atoms with Crippen LogP contribution in [0.5, 0.6) is 0 Å². The van der Waals surface area contributed by atoms with Crippen LogP contribution in [0.2, 0.25) is 0 Å². The molecule has 0 saturated heterocycles. The summed E-state index contributed by atoms with van der Waals surface area (Å²) in [6, 6.07) is 17.2. The average Bonchev–Trinajstić information content (AvgIpc) is 2.48. The molecule has 0 saturated carbocycles. The maximum absolute atomic E-state index is 11.7. The molecule has 1 aliphatic rings. The van der Waals surface area contributed by atoms with Crippen molar-refractivity contribution in [3.8, 4) is 0 Å². The molecule has 0 aromatic heterocycles. The van der Waals surface area contributed by atoms with Crippen molar-refractivity contribution >= 4 is 5.97 Å². The molecular formula is C17H17NO2. The van der Waals surface area contributed by atoms with Crippen molar-refractivity contribution in [3.05, 3.63) is 71.3 Å². The molecule has 2 aromatic rings. The number of benzene rings is 2. The highest BCUT2D eigenvalue weighted by atomic mass is 16.4. The Hall–Kier alpha value is -2.13. The van der Waals surface area contributed by atoms with Crippen LogP contribution in [-0.4, -0.2) is 22.5 Å². The average molecular weight is 267 g/mol. The molecule has 0 radical (unpaired) electrons. The Kier molecular flexibility index (Phi) is 3.52. The van der Waals surface area contributed by atoms with Crippen molar-refractivity contribution in [1.29, 1.82) is 0 Å². The minimum Gasteiger partial charge on any atom is -0.480 e. The fourth-order valence-corrected chi connectivity index (χ4v) is 2.88. The van der Waals surface area contributed by atoms with Crippen LogP contribution in [0.3, 0.4) is 0 Å². The van der Waals surface area contributed by atoms with Gasteiger partial charge >= 0.3 is 5.97 Å². The number of rotatable bonds is 3. The lowest BCUT2D eigenvalue weighted by Crippen LogP contribution is -2.38. The van der Waals surface area contributed by atoms with E-state index in [1.807, 2.05) is 47.4 Å². The van der Waals surface area contributed by atoms with E-state index in [4.69, 9.17) is 0 Å². The minimum absolute atomic E-state index is 0.565. The van der Waals surface area contributed by atoms with Crippen molar-refractivity contribution in [3.63, 3.8) is 0 Å². The summed E-state index contributed by atoms with van der Waals surface area (Å²) in [6.45, 7) is 1.48. The summed E-state index contributed by atoms with van der Waals surface area (Å²) >= 11 is 0. The van der Waals surface area contributed by atoms with Gasteiger partial charge in [0, 0.05) is 13.1 Å². The Bertz CT molecular complexity index is 609. The first kappa shape index (κ1) is 12.9. The molecule has 1 N–H and O–H groups in total. The van der Waals surface area contributed by atoms with E-state index in [9.17, 15) is 9.90 Å². The third-order valence-corrected chi connectivity index (χ3v) is 3.87. The van der Waals surface area contributed by atoms with Gasteiger partial charge in [0.25, 0.3) is 0 Å². The summed E-state index contributed by atoms with van der Waals surface area (Å²) in [5, 5.41) is 9.59. The number of carbonyl (C=O) groups is 1. The number of fused-ring (bicyclic) bond motifs is 1. The van der Waals surface area contributed by atoms with Gasteiger partial charge in [-0.2, -0.15) is 0 Å². The molecule has 1 unspecified atom stereocenters. The first-order valence-corrected chi connectivity index (χ1v) is 6.84. The summed E-state index contributed by atoms with van der Waals surface area (Å²) in [5.74, 6) is -0.782. The Morgan fingerprint density at radius 3 is 2.35 bits per heavy atom. The first-order chi connectivity index (χ1) is 9.75. The van der Waals surface area contributed by atoms with Gasteiger partial charge in [-0.15, -0.1) is 0 Å². The summed E-state index contributed by atoms with van der Waals surface area (Å²) < 4.78 is 0. The Morgan fingerprint density at radius 2 is 1.65 bits per heavy atom. The van der Waals surface area contributed by atoms with E-state index in [0.29, 0.717) is 6.54 Å². The summed E-state index contributed by atoms with van der Waals surface area (Å²) in [6.07, 6.45) is 0.910. The second kappa shape index (κ2) is 5.47. The highest BCUT2D eigenvalue weighted by Crippen LogP contribution is 2.27. The second-order valence-corrected chi connectivity index (χ2v) is 5.14. The summed E-state index contributed by atoms with van der Waals surface area (Å²) in [5.41, 5.74) is 3.42. The lowest BCUT2D eigenvalue weighted by Gasteiger charge is -2.33. The predicted octanol–water partition coefficient (Wildman–Crippen LogP) is 2.87. The zero-order valence-electron chi connectivity index (χ0n) is 11.2. The minimum atomic E-state index is -0.782. The van der Waals surface area contributed by atoms with Gasteiger partial charge in [0.2, 0.25) is 0 Å².